The summed E-state index contributed by atoms with van der Waals surface area (Å²) in [5.41, 5.74) is -4.93. The van der Waals surface area contributed by atoms with Crippen LogP contribution in [-0.2, 0) is 0 Å². The Labute approximate surface area is 89.2 Å². The Morgan fingerprint density at radius 1 is 0.812 bits per heavy atom. The molecule has 0 bridgehead atoms. The molecule has 0 radical (unpaired) electrons. The Hall–Kier alpha value is -0.460. The number of nitrogens with one attached hydrogen (secondary N) is 1. The van der Waals surface area contributed by atoms with Gasteiger partial charge >= 0.3 is 12.4 Å². The quantitative estimate of drug-likeness (QED) is 0.649. The van der Waals surface area contributed by atoms with E-state index in [0.717, 1.165) is 13.8 Å². The molecule has 0 aliphatic carbocycles. The van der Waals surface area contributed by atoms with E-state index in [9.17, 15) is 26.3 Å². The third-order valence-corrected chi connectivity index (χ3v) is 3.16. The van der Waals surface area contributed by atoms with E-state index in [1.807, 2.05) is 0 Å². The monoisotopic (exact) mass is 249 g/mol. The zero-order valence-electron chi connectivity index (χ0n) is 8.89. The van der Waals surface area contributed by atoms with Crippen LogP contribution in [0, 0.1) is 0 Å². The van der Waals surface area contributed by atoms with Gasteiger partial charge in [-0.2, -0.15) is 26.3 Å². The molecule has 0 aromatic carbocycles. The van der Waals surface area contributed by atoms with E-state index in [2.05, 4.69) is 0 Å². The van der Waals surface area contributed by atoms with E-state index in [1.165, 1.54) is 0 Å². The van der Waals surface area contributed by atoms with E-state index in [1.54, 1.807) is 5.32 Å². The molecule has 1 nitrogen and oxygen atoms in total. The molecule has 1 saturated heterocycles. The summed E-state index contributed by atoms with van der Waals surface area (Å²) < 4.78 is 75.8. The summed E-state index contributed by atoms with van der Waals surface area (Å²) in [5, 5.41) is 1.74. The van der Waals surface area contributed by atoms with Crippen molar-refractivity contribution < 1.29 is 26.3 Å². The molecule has 1 aliphatic rings. The Kier molecular flexibility index (Phi) is 2.99. The van der Waals surface area contributed by atoms with Crippen LogP contribution in [0.5, 0.6) is 0 Å². The van der Waals surface area contributed by atoms with E-state index < -0.39 is 23.4 Å². The number of hydrogen-bond donors (Lipinski definition) is 1. The summed E-state index contributed by atoms with van der Waals surface area (Å²) in [6, 6.07) is 0. The molecule has 0 amide bonds. The van der Waals surface area contributed by atoms with Crippen LogP contribution in [0.3, 0.4) is 0 Å². The van der Waals surface area contributed by atoms with Crippen LogP contribution in [0.15, 0.2) is 0 Å². The lowest BCUT2D eigenvalue weighted by molar-refractivity contribution is -0.248. The van der Waals surface area contributed by atoms with Crippen LogP contribution in [0.1, 0.15) is 33.1 Å². The normalized spacial score (nSPS) is 37.5. The fraction of sp³-hybridized carbons (Fsp3) is 1.00. The molecule has 0 spiro atoms. The van der Waals surface area contributed by atoms with Gasteiger partial charge < -0.3 is 0 Å². The summed E-state index contributed by atoms with van der Waals surface area (Å²) in [6.07, 6.45) is -10.1. The minimum Gasteiger partial charge on any atom is -0.291 e. The smallest absolute Gasteiger partial charge is 0.291 e. The maximum absolute atomic E-state index is 12.6. The molecule has 1 N–H and O–H groups in total. The van der Waals surface area contributed by atoms with Crippen molar-refractivity contribution in [2.45, 2.75) is 56.5 Å². The van der Waals surface area contributed by atoms with Gasteiger partial charge in [0.1, 0.15) is 11.1 Å². The van der Waals surface area contributed by atoms with E-state index >= 15 is 0 Å². The number of rotatable bonds is 0. The number of halogens is 6. The minimum absolute atomic E-state index is 0.0982. The first-order chi connectivity index (χ1) is 6.91. The molecule has 1 rings (SSSR count). The van der Waals surface area contributed by atoms with Crippen molar-refractivity contribution in [2.75, 3.05) is 0 Å². The predicted molar refractivity (Wildman–Crippen MR) is 45.9 cm³/mol. The average molecular weight is 249 g/mol. The molecule has 0 saturated carbocycles. The predicted octanol–water partition coefficient (Wildman–Crippen LogP) is 3.40. The first kappa shape index (κ1) is 13.6. The topological polar surface area (TPSA) is 12.0 Å². The largest absolute Gasteiger partial charge is 0.406 e. The third kappa shape index (κ3) is 2.14. The van der Waals surface area contributed by atoms with Crippen LogP contribution in [-0.4, -0.2) is 23.4 Å². The number of hydrogen-bond acceptors (Lipinski definition) is 1. The molecule has 2 atom stereocenters. The van der Waals surface area contributed by atoms with Gasteiger partial charge in [-0.25, -0.2) is 0 Å². The lowest BCUT2D eigenvalue weighted by Gasteiger charge is -2.47. The average Bonchev–Trinajstić information content (AvgIpc) is 1.99. The fourth-order valence-corrected chi connectivity index (χ4v) is 1.95. The highest BCUT2D eigenvalue weighted by atomic mass is 19.4. The maximum Gasteiger partial charge on any atom is 0.406 e. The molecule has 0 aromatic heterocycles. The van der Waals surface area contributed by atoms with Gasteiger partial charge in [-0.15, -0.1) is 0 Å². The first-order valence-corrected chi connectivity index (χ1v) is 4.84. The van der Waals surface area contributed by atoms with Gasteiger partial charge in [0.2, 0.25) is 0 Å². The highest BCUT2D eigenvalue weighted by Crippen LogP contribution is 2.45. The second kappa shape index (κ2) is 3.51. The standard InChI is InChI=1S/C9H13F6N/c1-6(8(10,11)12)4-3-5-7(2,16-6)9(13,14)15/h16H,3-5H2,1-2H3/t6-,7+. The first-order valence-electron chi connectivity index (χ1n) is 4.84. The Morgan fingerprint density at radius 3 is 1.38 bits per heavy atom. The van der Waals surface area contributed by atoms with Crippen molar-refractivity contribution in [2.24, 2.45) is 0 Å². The van der Waals surface area contributed by atoms with Crippen molar-refractivity contribution in [1.29, 1.82) is 0 Å². The lowest BCUT2D eigenvalue weighted by atomic mass is 9.80. The Bertz CT molecular complexity index is 244. The summed E-state index contributed by atoms with van der Waals surface area (Å²) >= 11 is 0. The highest BCUT2D eigenvalue weighted by Gasteiger charge is 2.62. The number of alkyl halides is 6. The minimum atomic E-state index is -4.68. The van der Waals surface area contributed by atoms with Crippen LogP contribution in [0.25, 0.3) is 0 Å². The van der Waals surface area contributed by atoms with Crippen molar-refractivity contribution in [3.63, 3.8) is 0 Å². The molecule has 1 heterocycles. The van der Waals surface area contributed by atoms with Crippen LogP contribution < -0.4 is 5.32 Å². The molecule has 1 fully saturated rings. The third-order valence-electron chi connectivity index (χ3n) is 3.16. The molecule has 7 heteroatoms. The van der Waals surface area contributed by atoms with E-state index in [0.29, 0.717) is 0 Å². The van der Waals surface area contributed by atoms with Gasteiger partial charge in [0.15, 0.2) is 0 Å². The van der Waals surface area contributed by atoms with Gasteiger partial charge in [-0.3, -0.25) is 5.32 Å². The lowest BCUT2D eigenvalue weighted by Crippen LogP contribution is -2.69. The molecule has 0 unspecified atom stereocenters. The Morgan fingerprint density at radius 2 is 1.12 bits per heavy atom. The summed E-state index contributed by atoms with van der Waals surface area (Å²) in [7, 11) is 0. The van der Waals surface area contributed by atoms with Crippen LogP contribution >= 0.6 is 0 Å². The van der Waals surface area contributed by atoms with Crippen LogP contribution in [0.4, 0.5) is 26.3 Å². The molecular weight excluding hydrogens is 236 g/mol. The summed E-state index contributed by atoms with van der Waals surface area (Å²) in [6.45, 7) is 1.55. The van der Waals surface area contributed by atoms with Crippen LogP contribution in [0.2, 0.25) is 0 Å². The second-order valence-corrected chi connectivity index (χ2v) is 4.64. The van der Waals surface area contributed by atoms with Gasteiger partial charge in [0.25, 0.3) is 0 Å². The zero-order valence-corrected chi connectivity index (χ0v) is 8.89. The highest BCUT2D eigenvalue weighted by molar-refractivity contribution is 5.05. The molecule has 16 heavy (non-hydrogen) atoms. The van der Waals surface area contributed by atoms with E-state index in [-0.39, 0.29) is 19.3 Å². The fourth-order valence-electron chi connectivity index (χ4n) is 1.95. The van der Waals surface area contributed by atoms with Gasteiger partial charge in [0.05, 0.1) is 0 Å². The van der Waals surface area contributed by atoms with Gasteiger partial charge in [0, 0.05) is 0 Å². The number of piperidine rings is 1. The van der Waals surface area contributed by atoms with E-state index in [4.69, 9.17) is 0 Å². The van der Waals surface area contributed by atoms with Gasteiger partial charge in [-0.1, -0.05) is 0 Å². The van der Waals surface area contributed by atoms with Crippen molar-refractivity contribution in [3.05, 3.63) is 0 Å². The molecule has 96 valence electrons. The Balaban J connectivity index is 2.98. The second-order valence-electron chi connectivity index (χ2n) is 4.64. The summed E-state index contributed by atoms with van der Waals surface area (Å²) in [5.74, 6) is 0. The SMILES string of the molecule is C[C@]1(C(F)(F)F)CCC[C@@](C)(C(F)(F)F)N1. The molecule has 0 aromatic rings. The maximum atomic E-state index is 12.6. The molecule has 1 aliphatic heterocycles. The van der Waals surface area contributed by atoms with Crippen molar-refractivity contribution in [1.82, 2.24) is 5.32 Å². The molecular formula is C9H13F6N. The van der Waals surface area contributed by atoms with Gasteiger partial charge in [-0.05, 0) is 33.1 Å². The summed E-state index contributed by atoms with van der Waals surface area (Å²) in [4.78, 5) is 0. The zero-order chi connectivity index (χ0) is 12.8. The van der Waals surface area contributed by atoms with Crippen molar-refractivity contribution in [3.8, 4) is 0 Å². The van der Waals surface area contributed by atoms with Crippen molar-refractivity contribution >= 4 is 0 Å².